The SMILES string of the molecule is Cc1ccc(C(=O)NNC(=O)[C@@H](Cc2c[nH]c3ccccc23)NC(=O)OCc2ccccc2)cc1. The topological polar surface area (TPSA) is 112 Å². The van der Waals surface area contributed by atoms with Gasteiger partial charge in [0.2, 0.25) is 0 Å². The Morgan fingerprint density at radius 3 is 2.37 bits per heavy atom. The lowest BCUT2D eigenvalue weighted by Gasteiger charge is -2.18. The van der Waals surface area contributed by atoms with E-state index in [1.165, 1.54) is 0 Å². The molecule has 0 fully saturated rings. The van der Waals surface area contributed by atoms with Gasteiger partial charge in [-0.3, -0.25) is 20.4 Å². The molecule has 4 aromatic rings. The Balaban J connectivity index is 1.44. The fourth-order valence-corrected chi connectivity index (χ4v) is 3.62. The fraction of sp³-hybridized carbons (Fsp3) is 0.148. The molecule has 4 N–H and O–H groups in total. The summed E-state index contributed by atoms with van der Waals surface area (Å²) in [5, 5.41) is 3.56. The molecule has 0 unspecified atom stereocenters. The highest BCUT2D eigenvalue weighted by atomic mass is 16.5. The van der Waals surface area contributed by atoms with Crippen LogP contribution in [0.5, 0.6) is 0 Å². The average Bonchev–Trinajstić information content (AvgIpc) is 3.29. The smallest absolute Gasteiger partial charge is 0.408 e. The Kier molecular flexibility index (Phi) is 7.42. The number of benzene rings is 3. The first-order valence-corrected chi connectivity index (χ1v) is 11.2. The van der Waals surface area contributed by atoms with Gasteiger partial charge >= 0.3 is 6.09 Å². The van der Waals surface area contributed by atoms with E-state index < -0.39 is 23.9 Å². The van der Waals surface area contributed by atoms with Gasteiger partial charge in [0.15, 0.2) is 0 Å². The van der Waals surface area contributed by atoms with Crippen molar-refractivity contribution in [3.8, 4) is 0 Å². The molecule has 0 spiro atoms. The van der Waals surface area contributed by atoms with Gasteiger partial charge in [0.25, 0.3) is 11.8 Å². The lowest BCUT2D eigenvalue weighted by Crippen LogP contribution is -2.53. The van der Waals surface area contributed by atoms with Gasteiger partial charge in [-0.05, 0) is 36.2 Å². The third-order valence-electron chi connectivity index (χ3n) is 5.53. The number of aryl methyl sites for hydroxylation is 1. The van der Waals surface area contributed by atoms with E-state index in [1.54, 1.807) is 30.5 Å². The zero-order valence-corrected chi connectivity index (χ0v) is 19.2. The number of ether oxygens (including phenoxy) is 1. The quantitative estimate of drug-likeness (QED) is 0.308. The summed E-state index contributed by atoms with van der Waals surface area (Å²) in [4.78, 5) is 41.1. The maximum atomic E-state index is 13.0. The fourth-order valence-electron chi connectivity index (χ4n) is 3.62. The summed E-state index contributed by atoms with van der Waals surface area (Å²) < 4.78 is 5.30. The first-order valence-electron chi connectivity index (χ1n) is 11.2. The van der Waals surface area contributed by atoms with Crippen molar-refractivity contribution in [1.82, 2.24) is 21.2 Å². The molecule has 35 heavy (non-hydrogen) atoms. The number of amides is 3. The molecule has 3 amide bonds. The molecule has 4 rings (SSSR count). The molecule has 0 bridgehead atoms. The van der Waals surface area contributed by atoms with Crippen molar-refractivity contribution < 1.29 is 19.1 Å². The van der Waals surface area contributed by atoms with Crippen LogP contribution in [0.4, 0.5) is 4.79 Å². The second-order valence-corrected chi connectivity index (χ2v) is 8.13. The summed E-state index contributed by atoms with van der Waals surface area (Å²) in [6.07, 6.45) is 1.25. The Morgan fingerprint density at radius 2 is 1.60 bits per heavy atom. The first kappa shape index (κ1) is 23.6. The van der Waals surface area contributed by atoms with Gasteiger partial charge in [0, 0.05) is 29.1 Å². The Morgan fingerprint density at radius 1 is 0.886 bits per heavy atom. The molecule has 8 heteroatoms. The Bertz CT molecular complexity index is 1320. The van der Waals surface area contributed by atoms with E-state index in [0.717, 1.165) is 27.6 Å². The highest BCUT2D eigenvalue weighted by Crippen LogP contribution is 2.19. The molecule has 1 heterocycles. The molecule has 0 saturated heterocycles. The van der Waals surface area contributed by atoms with Gasteiger partial charge in [-0.1, -0.05) is 66.2 Å². The minimum atomic E-state index is -0.990. The molecule has 0 aliphatic rings. The Hall–Kier alpha value is -4.59. The van der Waals surface area contributed by atoms with Crippen molar-refractivity contribution >= 4 is 28.8 Å². The van der Waals surface area contributed by atoms with Gasteiger partial charge in [-0.25, -0.2) is 4.79 Å². The van der Waals surface area contributed by atoms with Crippen molar-refractivity contribution in [2.45, 2.75) is 26.0 Å². The number of carbonyl (C=O) groups is 3. The van der Waals surface area contributed by atoms with E-state index in [-0.39, 0.29) is 13.0 Å². The van der Waals surface area contributed by atoms with E-state index in [1.807, 2.05) is 61.5 Å². The normalized spacial score (nSPS) is 11.5. The maximum absolute atomic E-state index is 13.0. The number of fused-ring (bicyclic) bond motifs is 1. The molecule has 3 aromatic carbocycles. The average molecular weight is 471 g/mol. The van der Waals surface area contributed by atoms with Crippen LogP contribution in [0.3, 0.4) is 0 Å². The van der Waals surface area contributed by atoms with Gasteiger partial charge in [0.05, 0.1) is 0 Å². The molecule has 0 aliphatic heterocycles. The number of hydrogen-bond acceptors (Lipinski definition) is 4. The lowest BCUT2D eigenvalue weighted by atomic mass is 10.0. The molecule has 0 radical (unpaired) electrons. The van der Waals surface area contributed by atoms with Crippen LogP contribution in [0.1, 0.15) is 27.0 Å². The van der Waals surface area contributed by atoms with Crippen molar-refractivity contribution in [3.63, 3.8) is 0 Å². The summed E-state index contributed by atoms with van der Waals surface area (Å²) in [5.41, 5.74) is 8.83. The summed E-state index contributed by atoms with van der Waals surface area (Å²) in [7, 11) is 0. The van der Waals surface area contributed by atoms with Crippen LogP contribution in [0, 0.1) is 6.92 Å². The van der Waals surface area contributed by atoms with Crippen LogP contribution in [-0.2, 0) is 22.6 Å². The van der Waals surface area contributed by atoms with Gasteiger partial charge in [-0.15, -0.1) is 0 Å². The molecule has 0 saturated carbocycles. The van der Waals surface area contributed by atoms with Crippen LogP contribution < -0.4 is 16.2 Å². The highest BCUT2D eigenvalue weighted by molar-refractivity contribution is 5.96. The van der Waals surface area contributed by atoms with E-state index in [9.17, 15) is 14.4 Å². The second-order valence-electron chi connectivity index (χ2n) is 8.13. The minimum Gasteiger partial charge on any atom is -0.445 e. The monoisotopic (exact) mass is 470 g/mol. The van der Waals surface area contributed by atoms with Crippen molar-refractivity contribution in [3.05, 3.63) is 107 Å². The number of nitrogens with one attached hydrogen (secondary N) is 4. The number of carbonyl (C=O) groups excluding carboxylic acids is 3. The third kappa shape index (κ3) is 6.26. The van der Waals surface area contributed by atoms with Crippen LogP contribution in [0.15, 0.2) is 85.1 Å². The summed E-state index contributed by atoms with van der Waals surface area (Å²) in [5.74, 6) is -1.04. The van der Waals surface area contributed by atoms with Gasteiger partial charge in [0.1, 0.15) is 12.6 Å². The van der Waals surface area contributed by atoms with Gasteiger partial charge in [-0.2, -0.15) is 0 Å². The first-order chi connectivity index (χ1) is 17.0. The number of hydrogen-bond donors (Lipinski definition) is 4. The van der Waals surface area contributed by atoms with Crippen LogP contribution >= 0.6 is 0 Å². The molecule has 1 aromatic heterocycles. The van der Waals surface area contributed by atoms with E-state index in [0.29, 0.717) is 5.56 Å². The number of hydrazine groups is 1. The lowest BCUT2D eigenvalue weighted by molar-refractivity contribution is -0.123. The van der Waals surface area contributed by atoms with Gasteiger partial charge < -0.3 is 15.0 Å². The summed E-state index contributed by atoms with van der Waals surface area (Å²) >= 11 is 0. The van der Waals surface area contributed by atoms with Crippen LogP contribution in [0.25, 0.3) is 10.9 Å². The van der Waals surface area contributed by atoms with Crippen molar-refractivity contribution in [2.75, 3.05) is 0 Å². The molecule has 178 valence electrons. The number of alkyl carbamates (subject to hydrolysis) is 1. The number of rotatable bonds is 7. The zero-order chi connectivity index (χ0) is 24.6. The minimum absolute atomic E-state index is 0.0677. The van der Waals surface area contributed by atoms with E-state index >= 15 is 0 Å². The molecule has 8 nitrogen and oxygen atoms in total. The molecule has 0 aliphatic carbocycles. The standard InChI is InChI=1S/C27H26N4O4/c1-18-11-13-20(14-12-18)25(32)30-31-26(33)24(15-21-16-28-23-10-6-5-9-22(21)23)29-27(34)35-17-19-7-3-2-4-8-19/h2-14,16,24,28H,15,17H2,1H3,(H,29,34)(H,30,32)(H,31,33)/t24-/m1/s1. The largest absolute Gasteiger partial charge is 0.445 e. The molecular weight excluding hydrogens is 444 g/mol. The summed E-state index contributed by atoms with van der Waals surface area (Å²) in [6, 6.07) is 22.9. The number of aromatic amines is 1. The number of H-pyrrole nitrogens is 1. The van der Waals surface area contributed by atoms with E-state index in [2.05, 4.69) is 21.2 Å². The second kappa shape index (κ2) is 11.0. The van der Waals surface area contributed by atoms with Crippen molar-refractivity contribution in [2.24, 2.45) is 0 Å². The predicted octanol–water partition coefficient (Wildman–Crippen LogP) is 3.78. The molecular formula is C27H26N4O4. The zero-order valence-electron chi connectivity index (χ0n) is 19.2. The van der Waals surface area contributed by atoms with Crippen LogP contribution in [-0.4, -0.2) is 28.9 Å². The van der Waals surface area contributed by atoms with Crippen molar-refractivity contribution in [1.29, 1.82) is 0 Å². The van der Waals surface area contributed by atoms with Crippen LogP contribution in [0.2, 0.25) is 0 Å². The van der Waals surface area contributed by atoms with E-state index in [4.69, 9.17) is 4.74 Å². The Labute approximate surface area is 202 Å². The highest BCUT2D eigenvalue weighted by Gasteiger charge is 2.24. The number of para-hydroxylation sites is 1. The predicted molar refractivity (Wildman–Crippen MR) is 132 cm³/mol. The molecule has 1 atom stereocenters. The summed E-state index contributed by atoms with van der Waals surface area (Å²) in [6.45, 7) is 1.99. The third-order valence-corrected chi connectivity index (χ3v) is 5.53. The number of aromatic nitrogens is 1. The maximum Gasteiger partial charge on any atom is 0.408 e.